The minimum Gasteiger partial charge on any atom is -0.479 e. The predicted molar refractivity (Wildman–Crippen MR) is 61.4 cm³/mol. The zero-order chi connectivity index (χ0) is 14.4. The van der Waals surface area contributed by atoms with Crippen LogP contribution in [0.1, 0.15) is 13.3 Å². The molecule has 0 fully saturated rings. The summed E-state index contributed by atoms with van der Waals surface area (Å²) in [6.07, 6.45) is -4.35. The maximum absolute atomic E-state index is 12.8. The average Bonchev–Trinajstić information content (AvgIpc) is 2.25. The fraction of sp³-hybridized carbons (Fsp3) is 0.417. The molecular weight excluding hydrogens is 285 g/mol. The highest BCUT2D eigenvalue weighted by Gasteiger charge is 2.50. The molecule has 0 saturated carbocycles. The van der Waals surface area contributed by atoms with Gasteiger partial charge in [-0.3, -0.25) is 0 Å². The number of fused-ring (bicyclic) bond motifs is 1. The molecule has 0 aromatic rings. The van der Waals surface area contributed by atoms with E-state index in [2.05, 4.69) is 0 Å². The number of hydrogen-bond donors (Lipinski definition) is 1. The summed E-state index contributed by atoms with van der Waals surface area (Å²) in [6.45, 7) is 1.58. The first kappa shape index (κ1) is 14.0. The van der Waals surface area contributed by atoms with Gasteiger partial charge in [0, 0.05) is 11.0 Å². The summed E-state index contributed by atoms with van der Waals surface area (Å²) < 4.78 is 43.4. The Kier molecular flexibility index (Phi) is 3.38. The Labute approximate surface area is 112 Å². The monoisotopic (exact) mass is 294 g/mol. The van der Waals surface area contributed by atoms with Crippen LogP contribution in [0, 0.1) is 5.92 Å². The predicted octanol–water partition coefficient (Wildman–Crippen LogP) is 3.38. The normalized spacial score (nSPS) is 27.2. The summed E-state index contributed by atoms with van der Waals surface area (Å²) >= 11 is 5.86. The van der Waals surface area contributed by atoms with Crippen LogP contribution in [0.25, 0.3) is 0 Å². The number of hydrogen-bond acceptors (Lipinski definition) is 2. The standard InChI is InChI=1S/C12H10ClF3O3/c1-5-2-7(13)3-6-4-8(11(17)18)10(12(14,15)16)19-9(5)6/h2,4,6,10H,3H2,1H3,(H,17,18). The van der Waals surface area contributed by atoms with E-state index in [4.69, 9.17) is 21.4 Å². The van der Waals surface area contributed by atoms with Crippen molar-refractivity contribution in [3.8, 4) is 0 Å². The minimum atomic E-state index is -4.77. The number of ether oxygens (including phenoxy) is 1. The first-order chi connectivity index (χ1) is 8.70. The highest BCUT2D eigenvalue weighted by Crippen LogP contribution is 2.42. The molecule has 2 unspecified atom stereocenters. The summed E-state index contributed by atoms with van der Waals surface area (Å²) in [7, 11) is 0. The van der Waals surface area contributed by atoms with E-state index < -0.39 is 29.7 Å². The molecule has 0 amide bonds. The molecule has 7 heteroatoms. The molecule has 3 nitrogen and oxygen atoms in total. The Hall–Kier alpha value is -1.43. The van der Waals surface area contributed by atoms with Gasteiger partial charge in [0.1, 0.15) is 5.76 Å². The maximum Gasteiger partial charge on any atom is 0.429 e. The first-order valence-electron chi connectivity index (χ1n) is 5.45. The Morgan fingerprint density at radius 2 is 2.16 bits per heavy atom. The van der Waals surface area contributed by atoms with E-state index in [0.29, 0.717) is 10.6 Å². The van der Waals surface area contributed by atoms with E-state index in [1.54, 1.807) is 6.92 Å². The summed E-state index contributed by atoms with van der Waals surface area (Å²) in [6, 6.07) is 0. The van der Waals surface area contributed by atoms with Crippen molar-refractivity contribution in [2.24, 2.45) is 5.92 Å². The van der Waals surface area contributed by atoms with E-state index >= 15 is 0 Å². The summed E-state index contributed by atoms with van der Waals surface area (Å²) in [4.78, 5) is 10.9. The second-order valence-corrected chi connectivity index (χ2v) is 4.90. The van der Waals surface area contributed by atoms with Crippen molar-refractivity contribution in [2.75, 3.05) is 0 Å². The van der Waals surface area contributed by atoms with Gasteiger partial charge in [-0.1, -0.05) is 17.7 Å². The van der Waals surface area contributed by atoms with Crippen LogP contribution in [-0.4, -0.2) is 23.4 Å². The van der Waals surface area contributed by atoms with Crippen molar-refractivity contribution in [3.63, 3.8) is 0 Å². The van der Waals surface area contributed by atoms with E-state index in [0.717, 1.165) is 6.08 Å². The molecule has 0 aromatic carbocycles. The summed E-state index contributed by atoms with van der Waals surface area (Å²) in [5.74, 6) is -2.05. The SMILES string of the molecule is CC1=C2OC(C(F)(F)F)C(C(=O)O)=CC2CC(Cl)=C1. The van der Waals surface area contributed by atoms with Crippen LogP contribution >= 0.6 is 11.6 Å². The molecule has 1 heterocycles. The lowest BCUT2D eigenvalue weighted by Crippen LogP contribution is -2.40. The number of halogens is 4. The van der Waals surface area contributed by atoms with E-state index in [-0.39, 0.29) is 12.2 Å². The van der Waals surface area contributed by atoms with Gasteiger partial charge in [-0.05, 0) is 25.0 Å². The van der Waals surface area contributed by atoms with Gasteiger partial charge in [-0.2, -0.15) is 13.2 Å². The molecule has 0 radical (unpaired) electrons. The number of carbonyl (C=O) groups is 1. The number of carboxylic acids is 1. The lowest BCUT2D eigenvalue weighted by atomic mass is 9.88. The van der Waals surface area contributed by atoms with Crippen LogP contribution in [0.2, 0.25) is 0 Å². The third-order valence-corrected chi connectivity index (χ3v) is 3.23. The fourth-order valence-electron chi connectivity index (χ4n) is 2.20. The van der Waals surface area contributed by atoms with Crippen LogP contribution in [0.5, 0.6) is 0 Å². The lowest BCUT2D eigenvalue weighted by molar-refractivity contribution is -0.203. The van der Waals surface area contributed by atoms with Crippen LogP contribution in [-0.2, 0) is 9.53 Å². The third-order valence-electron chi connectivity index (χ3n) is 2.97. The molecule has 104 valence electrons. The molecule has 1 aliphatic heterocycles. The average molecular weight is 295 g/mol. The first-order valence-corrected chi connectivity index (χ1v) is 5.83. The van der Waals surface area contributed by atoms with E-state index in [1.807, 2.05) is 0 Å². The van der Waals surface area contributed by atoms with Gasteiger partial charge in [-0.15, -0.1) is 0 Å². The van der Waals surface area contributed by atoms with Crippen molar-refractivity contribution in [3.05, 3.63) is 34.1 Å². The second-order valence-electron chi connectivity index (χ2n) is 4.42. The number of allylic oxidation sites excluding steroid dienone is 4. The van der Waals surface area contributed by atoms with Gasteiger partial charge < -0.3 is 9.84 Å². The summed E-state index contributed by atoms with van der Waals surface area (Å²) in [5.41, 5.74) is -0.309. The molecule has 1 N–H and O–H groups in total. The van der Waals surface area contributed by atoms with E-state index in [1.165, 1.54) is 6.08 Å². The van der Waals surface area contributed by atoms with Crippen LogP contribution in [0.3, 0.4) is 0 Å². The Morgan fingerprint density at radius 3 is 2.68 bits per heavy atom. The van der Waals surface area contributed by atoms with Crippen molar-refractivity contribution in [1.29, 1.82) is 0 Å². The molecule has 19 heavy (non-hydrogen) atoms. The molecular formula is C12H10ClF3O3. The molecule has 2 rings (SSSR count). The van der Waals surface area contributed by atoms with Crippen molar-refractivity contribution >= 4 is 17.6 Å². The molecule has 0 saturated heterocycles. The van der Waals surface area contributed by atoms with Crippen molar-refractivity contribution in [1.82, 2.24) is 0 Å². The number of aliphatic carboxylic acids is 1. The third kappa shape index (κ3) is 2.63. The van der Waals surface area contributed by atoms with Gasteiger partial charge in [-0.25, -0.2) is 4.79 Å². The lowest BCUT2D eigenvalue weighted by Gasteiger charge is -2.34. The van der Waals surface area contributed by atoms with Crippen LogP contribution in [0.15, 0.2) is 34.1 Å². The van der Waals surface area contributed by atoms with Gasteiger partial charge in [0.15, 0.2) is 0 Å². The largest absolute Gasteiger partial charge is 0.479 e. The number of rotatable bonds is 1. The van der Waals surface area contributed by atoms with Crippen LogP contribution in [0.4, 0.5) is 13.2 Å². The van der Waals surface area contributed by atoms with Crippen molar-refractivity contribution in [2.45, 2.75) is 25.6 Å². The summed E-state index contributed by atoms with van der Waals surface area (Å²) in [5, 5.41) is 9.34. The Balaban J connectivity index is 2.49. The van der Waals surface area contributed by atoms with E-state index in [9.17, 15) is 18.0 Å². The maximum atomic E-state index is 12.8. The molecule has 0 bridgehead atoms. The zero-order valence-electron chi connectivity index (χ0n) is 9.79. The van der Waals surface area contributed by atoms with Crippen molar-refractivity contribution < 1.29 is 27.8 Å². The molecule has 2 atom stereocenters. The van der Waals surface area contributed by atoms with Crippen LogP contribution < -0.4 is 0 Å². The molecule has 0 aromatic heterocycles. The topological polar surface area (TPSA) is 46.5 Å². The number of alkyl halides is 3. The Bertz CT molecular complexity index is 517. The zero-order valence-corrected chi connectivity index (χ0v) is 10.5. The van der Waals surface area contributed by atoms with Gasteiger partial charge >= 0.3 is 12.1 Å². The Morgan fingerprint density at radius 1 is 1.53 bits per heavy atom. The van der Waals surface area contributed by atoms with Gasteiger partial charge in [0.2, 0.25) is 6.10 Å². The molecule has 1 aliphatic carbocycles. The highest BCUT2D eigenvalue weighted by atomic mass is 35.5. The smallest absolute Gasteiger partial charge is 0.429 e. The second kappa shape index (κ2) is 4.59. The number of carboxylic acid groups (broad SMARTS) is 1. The van der Waals surface area contributed by atoms with Gasteiger partial charge in [0.25, 0.3) is 0 Å². The fourth-order valence-corrected chi connectivity index (χ4v) is 2.53. The highest BCUT2D eigenvalue weighted by molar-refractivity contribution is 6.29. The molecule has 2 aliphatic rings. The minimum absolute atomic E-state index is 0.136. The molecule has 0 spiro atoms. The van der Waals surface area contributed by atoms with Gasteiger partial charge in [0.05, 0.1) is 5.57 Å². The quantitative estimate of drug-likeness (QED) is 0.806.